The van der Waals surface area contributed by atoms with Crippen LogP contribution in [0, 0.1) is 5.82 Å². The van der Waals surface area contributed by atoms with Crippen LogP contribution < -0.4 is 10.2 Å². The van der Waals surface area contributed by atoms with Crippen molar-refractivity contribution in [3.05, 3.63) is 18.1 Å². The third-order valence-electron chi connectivity index (χ3n) is 6.04. The summed E-state index contributed by atoms with van der Waals surface area (Å²) in [4.78, 5) is 6.30. The van der Waals surface area contributed by atoms with E-state index in [1.54, 1.807) is 4.52 Å². The van der Waals surface area contributed by atoms with E-state index < -0.39 is 16.1 Å². The molecule has 2 saturated heterocycles. The number of nitrogens with one attached hydrogen (secondary N) is 1. The predicted molar refractivity (Wildman–Crippen MR) is 106 cm³/mol. The van der Waals surface area contributed by atoms with Crippen LogP contribution in [-0.2, 0) is 10.0 Å². The lowest BCUT2D eigenvalue weighted by molar-refractivity contribution is 0.0946. The normalized spacial score (nSPS) is 26.3. The minimum Gasteiger partial charge on any atom is -0.390 e. The molecule has 0 unspecified atom stereocenters. The summed E-state index contributed by atoms with van der Waals surface area (Å²) in [6, 6.07) is 1.11. The quantitative estimate of drug-likeness (QED) is 0.732. The smallest absolute Gasteiger partial charge is 0.241 e. The summed E-state index contributed by atoms with van der Waals surface area (Å²) in [6.07, 6.45) is 4.57. The summed E-state index contributed by atoms with van der Waals surface area (Å²) in [7, 11) is -3.30. The Hall–Kier alpha value is -1.98. The van der Waals surface area contributed by atoms with Gasteiger partial charge in [0.15, 0.2) is 5.82 Å². The SMILES string of the molecule is O=S(=O)(C1CC1)N1CC[C@@H](Nc2ncc3c(F)cc(N4CCCC4)n3n2)[C@H](O)C1. The van der Waals surface area contributed by atoms with Gasteiger partial charge >= 0.3 is 0 Å². The number of aliphatic hydroxyl groups is 1. The van der Waals surface area contributed by atoms with Crippen LogP contribution in [0.3, 0.4) is 0 Å². The van der Waals surface area contributed by atoms with Crippen LogP contribution >= 0.6 is 0 Å². The highest BCUT2D eigenvalue weighted by atomic mass is 32.2. The first-order chi connectivity index (χ1) is 13.9. The van der Waals surface area contributed by atoms with Crippen molar-refractivity contribution in [2.75, 3.05) is 36.4 Å². The zero-order valence-electron chi connectivity index (χ0n) is 16.0. The zero-order chi connectivity index (χ0) is 20.2. The molecule has 0 amide bonds. The highest BCUT2D eigenvalue weighted by Crippen LogP contribution is 2.32. The Morgan fingerprint density at radius 2 is 1.93 bits per heavy atom. The predicted octanol–water partition coefficient (Wildman–Crippen LogP) is 0.808. The molecule has 2 aliphatic heterocycles. The van der Waals surface area contributed by atoms with Crippen molar-refractivity contribution < 1.29 is 17.9 Å². The molecule has 2 N–H and O–H groups in total. The van der Waals surface area contributed by atoms with Crippen LogP contribution in [0.1, 0.15) is 32.1 Å². The van der Waals surface area contributed by atoms with E-state index in [9.17, 15) is 17.9 Å². The van der Waals surface area contributed by atoms with Gasteiger partial charge in [0.2, 0.25) is 16.0 Å². The number of hydrogen-bond acceptors (Lipinski definition) is 7. The number of β-amino-alcohol motifs (C(OH)–C–C–N with tert-alkyl or cyclic N) is 1. The van der Waals surface area contributed by atoms with Crippen LogP contribution in [-0.4, -0.2) is 76.0 Å². The van der Waals surface area contributed by atoms with Crippen molar-refractivity contribution in [2.24, 2.45) is 0 Å². The number of hydrogen-bond donors (Lipinski definition) is 2. The van der Waals surface area contributed by atoms with Crippen molar-refractivity contribution >= 4 is 27.3 Å². The summed E-state index contributed by atoms with van der Waals surface area (Å²) in [5, 5.41) is 17.8. The fraction of sp³-hybridized carbons (Fsp3) is 0.667. The molecule has 2 atom stereocenters. The first kappa shape index (κ1) is 19.0. The van der Waals surface area contributed by atoms with E-state index in [1.165, 1.54) is 16.6 Å². The number of halogens is 1. The van der Waals surface area contributed by atoms with E-state index >= 15 is 0 Å². The van der Waals surface area contributed by atoms with Gasteiger partial charge in [-0.05, 0) is 32.1 Å². The molecular formula is C18H25FN6O3S. The van der Waals surface area contributed by atoms with E-state index in [4.69, 9.17) is 0 Å². The highest BCUT2D eigenvalue weighted by molar-refractivity contribution is 7.90. The van der Waals surface area contributed by atoms with Crippen LogP contribution in [0.2, 0.25) is 0 Å². The summed E-state index contributed by atoms with van der Waals surface area (Å²) >= 11 is 0. The number of nitrogens with zero attached hydrogens (tertiary/aromatic N) is 5. The van der Waals surface area contributed by atoms with Crippen molar-refractivity contribution in [2.45, 2.75) is 49.5 Å². The van der Waals surface area contributed by atoms with Gasteiger partial charge in [0.1, 0.15) is 11.3 Å². The minimum atomic E-state index is -3.30. The molecule has 5 rings (SSSR count). The van der Waals surface area contributed by atoms with Gasteiger partial charge in [-0.15, -0.1) is 5.10 Å². The number of piperidine rings is 1. The Kier molecular flexibility index (Phi) is 4.63. The lowest BCUT2D eigenvalue weighted by Gasteiger charge is -2.35. The second kappa shape index (κ2) is 7.06. The Morgan fingerprint density at radius 1 is 1.17 bits per heavy atom. The molecule has 29 heavy (non-hydrogen) atoms. The minimum absolute atomic E-state index is 0.0654. The first-order valence-electron chi connectivity index (χ1n) is 10.2. The number of fused-ring (bicyclic) bond motifs is 1. The van der Waals surface area contributed by atoms with E-state index in [-0.39, 0.29) is 29.6 Å². The van der Waals surface area contributed by atoms with Gasteiger partial charge in [-0.1, -0.05) is 0 Å². The maximum Gasteiger partial charge on any atom is 0.241 e. The second-order valence-electron chi connectivity index (χ2n) is 8.13. The fourth-order valence-electron chi connectivity index (χ4n) is 4.22. The molecule has 1 aliphatic carbocycles. The summed E-state index contributed by atoms with van der Waals surface area (Å²) in [5.41, 5.74) is 0.309. The fourth-order valence-corrected chi connectivity index (χ4v) is 6.09. The van der Waals surface area contributed by atoms with Gasteiger partial charge in [0.25, 0.3) is 0 Å². The Bertz CT molecular complexity index is 1020. The van der Waals surface area contributed by atoms with Crippen LogP contribution in [0.5, 0.6) is 0 Å². The third-order valence-corrected chi connectivity index (χ3v) is 8.41. The maximum atomic E-state index is 14.3. The summed E-state index contributed by atoms with van der Waals surface area (Å²) in [6.45, 7) is 2.15. The molecule has 2 aromatic heterocycles. The number of aliphatic hydroxyl groups excluding tert-OH is 1. The number of aromatic nitrogens is 3. The third kappa shape index (κ3) is 3.44. The molecule has 2 aromatic rings. The molecule has 0 radical (unpaired) electrons. The van der Waals surface area contributed by atoms with Crippen LogP contribution in [0.4, 0.5) is 16.2 Å². The van der Waals surface area contributed by atoms with Gasteiger partial charge < -0.3 is 15.3 Å². The van der Waals surface area contributed by atoms with Crippen LogP contribution in [0.25, 0.3) is 5.52 Å². The maximum absolute atomic E-state index is 14.3. The molecule has 158 valence electrons. The first-order valence-corrected chi connectivity index (χ1v) is 11.7. The Balaban J connectivity index is 1.33. The van der Waals surface area contributed by atoms with Crippen molar-refractivity contribution in [3.63, 3.8) is 0 Å². The van der Waals surface area contributed by atoms with Crippen LogP contribution in [0.15, 0.2) is 12.3 Å². The van der Waals surface area contributed by atoms with E-state index in [0.29, 0.717) is 37.1 Å². The van der Waals surface area contributed by atoms with Gasteiger partial charge in [0, 0.05) is 32.2 Å². The van der Waals surface area contributed by atoms with Gasteiger partial charge in [-0.25, -0.2) is 22.3 Å². The number of sulfonamides is 1. The van der Waals surface area contributed by atoms with Crippen molar-refractivity contribution in [1.82, 2.24) is 18.9 Å². The Morgan fingerprint density at radius 3 is 2.62 bits per heavy atom. The molecular weight excluding hydrogens is 399 g/mol. The lowest BCUT2D eigenvalue weighted by atomic mass is 10.0. The monoisotopic (exact) mass is 424 g/mol. The zero-order valence-corrected chi connectivity index (χ0v) is 16.9. The summed E-state index contributed by atoms with van der Waals surface area (Å²) < 4.78 is 42.0. The molecule has 11 heteroatoms. The van der Waals surface area contributed by atoms with E-state index in [2.05, 4.69) is 20.3 Å². The highest BCUT2D eigenvalue weighted by Gasteiger charge is 2.43. The topological polar surface area (TPSA) is 103 Å². The molecule has 9 nitrogen and oxygen atoms in total. The number of rotatable bonds is 5. The molecule has 4 heterocycles. The van der Waals surface area contributed by atoms with Crippen molar-refractivity contribution in [3.8, 4) is 0 Å². The Labute approximate surface area is 168 Å². The van der Waals surface area contributed by atoms with Crippen molar-refractivity contribution in [1.29, 1.82) is 0 Å². The average molecular weight is 425 g/mol. The molecule has 1 saturated carbocycles. The average Bonchev–Trinajstić information content (AvgIpc) is 3.34. The molecule has 0 bridgehead atoms. The van der Waals surface area contributed by atoms with Gasteiger partial charge in [-0.3, -0.25) is 0 Å². The largest absolute Gasteiger partial charge is 0.390 e. The molecule has 0 aromatic carbocycles. The number of anilines is 2. The van der Waals surface area contributed by atoms with E-state index in [0.717, 1.165) is 25.9 Å². The lowest BCUT2D eigenvalue weighted by Crippen LogP contribution is -2.52. The molecule has 3 aliphatic rings. The van der Waals surface area contributed by atoms with Gasteiger partial charge in [0.05, 0.1) is 23.6 Å². The van der Waals surface area contributed by atoms with Gasteiger partial charge in [-0.2, -0.15) is 4.31 Å². The molecule has 3 fully saturated rings. The van der Waals surface area contributed by atoms with E-state index in [1.807, 2.05) is 0 Å². The summed E-state index contributed by atoms with van der Waals surface area (Å²) in [5.74, 6) is 0.625. The molecule has 0 spiro atoms. The standard InChI is InChI=1S/C18H25FN6O3S/c19-13-9-17(23-6-1-2-7-23)25-15(13)10-20-18(22-25)21-14-5-8-24(11-16(14)26)29(27,28)12-3-4-12/h9-10,12,14,16,26H,1-8,11H2,(H,21,22)/t14-,16-/m1/s1. The second-order valence-corrected chi connectivity index (χ2v) is 10.3.